The van der Waals surface area contributed by atoms with Gasteiger partial charge in [-0.3, -0.25) is 4.79 Å². The van der Waals surface area contributed by atoms with Gasteiger partial charge in [-0.15, -0.1) is 0 Å². The summed E-state index contributed by atoms with van der Waals surface area (Å²) in [6.45, 7) is 0. The van der Waals surface area contributed by atoms with Gasteiger partial charge in [0, 0.05) is 11.5 Å². The SMILES string of the molecule is O=C(O)O.O=C(c1ccc(-c2ccc(Nc3nc4ccc(F)cc4s3)c(F)c2)cc1)C1CCCC1. The molecule has 1 fully saturated rings. The third-order valence-corrected chi connectivity index (χ3v) is 6.72. The Labute approximate surface area is 203 Å². The Morgan fingerprint density at radius 2 is 1.57 bits per heavy atom. The number of nitrogens with zero attached hydrogens (tertiary/aromatic N) is 1. The minimum absolute atomic E-state index is 0.146. The minimum Gasteiger partial charge on any atom is -0.450 e. The highest BCUT2D eigenvalue weighted by atomic mass is 32.1. The van der Waals surface area contributed by atoms with Gasteiger partial charge in [0.15, 0.2) is 10.9 Å². The number of ketones is 1. The Hall–Kier alpha value is -3.85. The molecular formula is C26H22F2N2O4S. The van der Waals surface area contributed by atoms with E-state index in [9.17, 15) is 13.6 Å². The third-order valence-electron chi connectivity index (χ3n) is 5.79. The second kappa shape index (κ2) is 10.6. The fourth-order valence-corrected chi connectivity index (χ4v) is 5.02. The summed E-state index contributed by atoms with van der Waals surface area (Å²) in [5.74, 6) is -0.374. The zero-order chi connectivity index (χ0) is 24.9. The topological polar surface area (TPSA) is 99.5 Å². The third kappa shape index (κ3) is 5.99. The molecule has 1 heterocycles. The molecule has 0 aliphatic heterocycles. The molecule has 0 saturated heterocycles. The number of anilines is 2. The molecule has 1 saturated carbocycles. The summed E-state index contributed by atoms with van der Waals surface area (Å²) in [6.07, 6.45) is 2.37. The largest absolute Gasteiger partial charge is 0.503 e. The summed E-state index contributed by atoms with van der Waals surface area (Å²) in [6, 6.07) is 16.7. The van der Waals surface area contributed by atoms with Crippen LogP contribution in [0, 0.1) is 17.6 Å². The first-order valence-corrected chi connectivity index (χ1v) is 11.8. The van der Waals surface area contributed by atoms with Crippen LogP contribution in [0.1, 0.15) is 36.0 Å². The smallest absolute Gasteiger partial charge is 0.450 e. The lowest BCUT2D eigenvalue weighted by molar-refractivity contribution is 0.0922. The Bertz CT molecular complexity index is 1360. The van der Waals surface area contributed by atoms with Crippen molar-refractivity contribution in [2.75, 3.05) is 5.32 Å². The molecule has 0 spiro atoms. The number of fused-ring (bicyclic) bond motifs is 1. The van der Waals surface area contributed by atoms with E-state index in [2.05, 4.69) is 10.3 Å². The van der Waals surface area contributed by atoms with Gasteiger partial charge < -0.3 is 15.5 Å². The van der Waals surface area contributed by atoms with E-state index < -0.39 is 12.0 Å². The highest BCUT2D eigenvalue weighted by molar-refractivity contribution is 7.22. The number of hydrogen-bond donors (Lipinski definition) is 3. The van der Waals surface area contributed by atoms with E-state index in [1.165, 1.54) is 29.5 Å². The molecule has 6 nitrogen and oxygen atoms in total. The molecule has 1 aromatic heterocycles. The van der Waals surface area contributed by atoms with Gasteiger partial charge in [0.25, 0.3) is 0 Å². The van der Waals surface area contributed by atoms with Gasteiger partial charge in [-0.05, 0) is 54.3 Å². The lowest BCUT2D eigenvalue weighted by Gasteiger charge is -2.10. The second-order valence-electron chi connectivity index (χ2n) is 8.16. The Balaban J connectivity index is 0.000000672. The zero-order valence-electron chi connectivity index (χ0n) is 18.5. The van der Waals surface area contributed by atoms with Crippen LogP contribution in [0.15, 0.2) is 60.7 Å². The van der Waals surface area contributed by atoms with Crippen LogP contribution >= 0.6 is 11.3 Å². The van der Waals surface area contributed by atoms with E-state index in [0.717, 1.165) is 42.4 Å². The Morgan fingerprint density at radius 1 is 0.914 bits per heavy atom. The number of carbonyl (C=O) groups is 2. The van der Waals surface area contributed by atoms with Crippen molar-refractivity contribution in [1.82, 2.24) is 4.98 Å². The second-order valence-corrected chi connectivity index (χ2v) is 9.19. The van der Waals surface area contributed by atoms with Crippen LogP contribution in [0.4, 0.5) is 24.4 Å². The number of rotatable bonds is 5. The summed E-state index contributed by atoms with van der Waals surface area (Å²) in [4.78, 5) is 25.5. The molecule has 5 rings (SSSR count). The first-order valence-electron chi connectivity index (χ1n) is 11.0. The Morgan fingerprint density at radius 3 is 2.23 bits per heavy atom. The fourth-order valence-electron chi connectivity index (χ4n) is 4.11. The van der Waals surface area contributed by atoms with E-state index >= 15 is 0 Å². The van der Waals surface area contributed by atoms with E-state index in [-0.39, 0.29) is 17.5 Å². The van der Waals surface area contributed by atoms with Crippen LogP contribution in [0.5, 0.6) is 0 Å². The Kier molecular flexibility index (Phi) is 7.36. The van der Waals surface area contributed by atoms with Crippen LogP contribution in [0.3, 0.4) is 0 Å². The number of Topliss-reactive ketones (excluding diaryl/α,β-unsaturated/α-hetero) is 1. The number of thiazole rings is 1. The molecule has 0 radical (unpaired) electrons. The predicted octanol–water partition coefficient (Wildman–Crippen LogP) is 7.58. The number of nitrogens with one attached hydrogen (secondary N) is 1. The van der Waals surface area contributed by atoms with Crippen molar-refractivity contribution in [3.8, 4) is 11.1 Å². The maximum absolute atomic E-state index is 14.8. The van der Waals surface area contributed by atoms with Crippen LogP contribution in [-0.4, -0.2) is 27.1 Å². The zero-order valence-corrected chi connectivity index (χ0v) is 19.3. The molecule has 3 aromatic carbocycles. The highest BCUT2D eigenvalue weighted by Gasteiger charge is 2.23. The van der Waals surface area contributed by atoms with Crippen LogP contribution < -0.4 is 5.32 Å². The van der Waals surface area contributed by atoms with Crippen molar-refractivity contribution >= 4 is 44.3 Å². The lowest BCUT2D eigenvalue weighted by atomic mass is 9.94. The van der Waals surface area contributed by atoms with Crippen molar-refractivity contribution in [1.29, 1.82) is 0 Å². The molecule has 0 bridgehead atoms. The lowest BCUT2D eigenvalue weighted by Crippen LogP contribution is -2.10. The average Bonchev–Trinajstić information content (AvgIpc) is 3.49. The molecule has 1 aliphatic rings. The molecule has 0 amide bonds. The molecule has 4 aromatic rings. The normalized spacial score (nSPS) is 13.3. The van der Waals surface area contributed by atoms with Crippen molar-refractivity contribution in [2.24, 2.45) is 5.92 Å². The number of benzene rings is 3. The van der Waals surface area contributed by atoms with E-state index in [4.69, 9.17) is 15.0 Å². The maximum Gasteiger partial charge on any atom is 0.503 e. The average molecular weight is 497 g/mol. The number of carboxylic acid groups (broad SMARTS) is 2. The fraction of sp³-hybridized carbons (Fsp3) is 0.192. The molecule has 3 N–H and O–H groups in total. The molecule has 35 heavy (non-hydrogen) atoms. The summed E-state index contributed by atoms with van der Waals surface area (Å²) in [7, 11) is 0. The van der Waals surface area contributed by atoms with E-state index in [1.54, 1.807) is 12.1 Å². The predicted molar refractivity (Wildman–Crippen MR) is 132 cm³/mol. The van der Waals surface area contributed by atoms with Gasteiger partial charge in [-0.1, -0.05) is 54.5 Å². The van der Waals surface area contributed by atoms with Crippen molar-refractivity contribution in [3.05, 3.63) is 77.9 Å². The highest BCUT2D eigenvalue weighted by Crippen LogP contribution is 2.32. The van der Waals surface area contributed by atoms with Crippen molar-refractivity contribution in [3.63, 3.8) is 0 Å². The quantitative estimate of drug-likeness (QED) is 0.246. The maximum atomic E-state index is 14.8. The van der Waals surface area contributed by atoms with Gasteiger partial charge in [0.1, 0.15) is 11.6 Å². The summed E-state index contributed by atoms with van der Waals surface area (Å²) >= 11 is 1.27. The first-order chi connectivity index (χ1) is 16.8. The van der Waals surface area contributed by atoms with E-state index in [0.29, 0.717) is 21.0 Å². The molecule has 180 valence electrons. The minimum atomic E-state index is -1.83. The number of aromatic nitrogens is 1. The van der Waals surface area contributed by atoms with Crippen LogP contribution in [-0.2, 0) is 0 Å². The monoisotopic (exact) mass is 496 g/mol. The molecule has 1 aliphatic carbocycles. The van der Waals surface area contributed by atoms with Crippen LogP contribution in [0.25, 0.3) is 21.3 Å². The van der Waals surface area contributed by atoms with Crippen molar-refractivity contribution < 1.29 is 28.6 Å². The van der Waals surface area contributed by atoms with Crippen molar-refractivity contribution in [2.45, 2.75) is 25.7 Å². The van der Waals surface area contributed by atoms with Gasteiger partial charge >= 0.3 is 6.16 Å². The number of hydrogen-bond acceptors (Lipinski definition) is 5. The van der Waals surface area contributed by atoms with E-state index in [1.807, 2.05) is 30.3 Å². The standard InChI is InChI=1S/C25H20F2N2OS.CH2O3/c26-19-10-12-22-23(14-19)31-25(29-22)28-21-11-9-18(13-20(21)27)15-5-7-17(8-6-15)24(30)16-3-1-2-4-16;2-1(3)4/h5-14,16H,1-4H2,(H,28,29);(H2,2,3,4). The molecular weight excluding hydrogens is 474 g/mol. The van der Waals surface area contributed by atoms with Crippen LogP contribution in [0.2, 0.25) is 0 Å². The van der Waals surface area contributed by atoms with Gasteiger partial charge in [0.05, 0.1) is 15.9 Å². The van der Waals surface area contributed by atoms with Gasteiger partial charge in [-0.2, -0.15) is 0 Å². The molecule has 0 atom stereocenters. The van der Waals surface area contributed by atoms with Gasteiger partial charge in [-0.25, -0.2) is 18.6 Å². The first kappa shape index (κ1) is 24.3. The van der Waals surface area contributed by atoms with Gasteiger partial charge in [0.2, 0.25) is 0 Å². The summed E-state index contributed by atoms with van der Waals surface area (Å²) in [5.41, 5.74) is 3.27. The molecule has 0 unspecified atom stereocenters. The summed E-state index contributed by atoms with van der Waals surface area (Å²) in [5, 5.41) is 17.4. The molecule has 9 heteroatoms. The summed E-state index contributed by atoms with van der Waals surface area (Å²) < 4.78 is 28.8. The number of carbonyl (C=O) groups excluding carboxylic acids is 1. The number of halogens is 2.